The molecule has 0 aliphatic carbocycles. The lowest BCUT2D eigenvalue weighted by molar-refractivity contribution is 0.101. The molecule has 0 saturated heterocycles. The summed E-state index contributed by atoms with van der Waals surface area (Å²) in [6.07, 6.45) is 0. The number of rotatable bonds is 3. The largest absolute Gasteiger partial charge is 0.361 e. The molecule has 0 spiro atoms. The molecular weight excluding hydrogens is 244 g/mol. The summed E-state index contributed by atoms with van der Waals surface area (Å²) in [6.45, 7) is 4.83. The molecule has 5 nitrogen and oxygen atoms in total. The molecule has 0 saturated carbocycles. The van der Waals surface area contributed by atoms with E-state index in [0.717, 1.165) is 0 Å². The predicted molar refractivity (Wildman–Crippen MR) is 70.4 cm³/mol. The van der Waals surface area contributed by atoms with Crippen LogP contribution in [-0.2, 0) is 0 Å². The van der Waals surface area contributed by atoms with E-state index in [2.05, 4.69) is 10.5 Å². The third kappa shape index (κ3) is 2.54. The van der Waals surface area contributed by atoms with Gasteiger partial charge in [0.1, 0.15) is 11.3 Å². The topological polar surface area (TPSA) is 72.2 Å². The van der Waals surface area contributed by atoms with Gasteiger partial charge in [-0.2, -0.15) is 0 Å². The van der Waals surface area contributed by atoms with E-state index in [1.165, 1.54) is 6.92 Å². The number of nitrogens with zero attached hydrogens (tertiary/aromatic N) is 1. The van der Waals surface area contributed by atoms with E-state index in [4.69, 9.17) is 4.52 Å². The SMILES string of the molecule is CC(=O)c1ccccc1NC(=O)c1c(C)noc1C. The quantitative estimate of drug-likeness (QED) is 0.859. The van der Waals surface area contributed by atoms with Crippen LogP contribution in [0.4, 0.5) is 5.69 Å². The van der Waals surface area contributed by atoms with E-state index in [9.17, 15) is 9.59 Å². The Morgan fingerprint density at radius 1 is 1.21 bits per heavy atom. The number of carbonyl (C=O) groups excluding carboxylic acids is 2. The van der Waals surface area contributed by atoms with Crippen LogP contribution in [0.15, 0.2) is 28.8 Å². The molecule has 1 amide bonds. The molecule has 0 atom stereocenters. The average Bonchev–Trinajstić information content (AvgIpc) is 2.69. The van der Waals surface area contributed by atoms with Crippen molar-refractivity contribution in [2.24, 2.45) is 0 Å². The van der Waals surface area contributed by atoms with Crippen LogP contribution < -0.4 is 5.32 Å². The van der Waals surface area contributed by atoms with Crippen LogP contribution in [0.5, 0.6) is 0 Å². The number of hydrogen-bond donors (Lipinski definition) is 1. The van der Waals surface area contributed by atoms with Gasteiger partial charge in [-0.15, -0.1) is 0 Å². The highest BCUT2D eigenvalue weighted by Crippen LogP contribution is 2.19. The van der Waals surface area contributed by atoms with Crippen molar-refractivity contribution in [3.05, 3.63) is 46.8 Å². The number of anilines is 1. The minimum absolute atomic E-state index is 0.102. The molecule has 0 fully saturated rings. The highest BCUT2D eigenvalue weighted by Gasteiger charge is 2.18. The van der Waals surface area contributed by atoms with Crippen LogP contribution in [-0.4, -0.2) is 16.8 Å². The van der Waals surface area contributed by atoms with Gasteiger partial charge < -0.3 is 9.84 Å². The number of aryl methyl sites for hydroxylation is 2. The molecule has 1 aromatic carbocycles. The van der Waals surface area contributed by atoms with Crippen molar-refractivity contribution >= 4 is 17.4 Å². The standard InChI is InChI=1S/C14H14N2O3/c1-8-13(10(3)19-16-8)14(18)15-12-7-5-4-6-11(12)9(2)17/h4-7H,1-3H3,(H,15,18). The van der Waals surface area contributed by atoms with Crippen LogP contribution >= 0.6 is 0 Å². The van der Waals surface area contributed by atoms with E-state index in [0.29, 0.717) is 28.3 Å². The first-order valence-corrected chi connectivity index (χ1v) is 5.85. The molecule has 2 aromatic rings. The number of amides is 1. The van der Waals surface area contributed by atoms with Gasteiger partial charge >= 0.3 is 0 Å². The third-order valence-electron chi connectivity index (χ3n) is 2.81. The Bertz CT molecular complexity index is 624. The molecule has 1 N–H and O–H groups in total. The maximum absolute atomic E-state index is 12.2. The van der Waals surface area contributed by atoms with Crippen molar-refractivity contribution in [2.75, 3.05) is 5.32 Å². The van der Waals surface area contributed by atoms with Crippen molar-refractivity contribution in [1.82, 2.24) is 5.16 Å². The Kier molecular flexibility index (Phi) is 3.46. The maximum atomic E-state index is 12.2. The summed E-state index contributed by atoms with van der Waals surface area (Å²) < 4.78 is 4.95. The number of benzene rings is 1. The van der Waals surface area contributed by atoms with Gasteiger partial charge in [0.05, 0.1) is 11.4 Å². The van der Waals surface area contributed by atoms with Gasteiger partial charge in [-0.25, -0.2) is 0 Å². The first-order chi connectivity index (χ1) is 9.00. The number of para-hydroxylation sites is 1. The van der Waals surface area contributed by atoms with Gasteiger partial charge in [0.15, 0.2) is 5.78 Å². The van der Waals surface area contributed by atoms with Gasteiger partial charge in [0.25, 0.3) is 5.91 Å². The van der Waals surface area contributed by atoms with Gasteiger partial charge in [-0.05, 0) is 32.9 Å². The van der Waals surface area contributed by atoms with Gasteiger partial charge in [-0.1, -0.05) is 17.3 Å². The summed E-state index contributed by atoms with van der Waals surface area (Å²) in [7, 11) is 0. The first-order valence-electron chi connectivity index (χ1n) is 5.85. The molecule has 1 aromatic heterocycles. The molecule has 98 valence electrons. The van der Waals surface area contributed by atoms with Crippen molar-refractivity contribution in [3.8, 4) is 0 Å². The number of Topliss-reactive ketones (excluding diaryl/α,β-unsaturated/α-hetero) is 1. The Labute approximate surface area is 110 Å². The monoisotopic (exact) mass is 258 g/mol. The maximum Gasteiger partial charge on any atom is 0.261 e. The number of ketones is 1. The van der Waals surface area contributed by atoms with Crippen molar-refractivity contribution in [3.63, 3.8) is 0 Å². The molecule has 0 bridgehead atoms. The minimum atomic E-state index is -0.329. The van der Waals surface area contributed by atoms with Crippen LogP contribution in [0.2, 0.25) is 0 Å². The Balaban J connectivity index is 2.32. The smallest absolute Gasteiger partial charge is 0.261 e. The van der Waals surface area contributed by atoms with Crippen LogP contribution in [0.3, 0.4) is 0 Å². The van der Waals surface area contributed by atoms with E-state index in [1.807, 2.05) is 0 Å². The van der Waals surface area contributed by atoms with Gasteiger partial charge in [0.2, 0.25) is 0 Å². The average molecular weight is 258 g/mol. The normalized spacial score (nSPS) is 10.3. The number of hydrogen-bond acceptors (Lipinski definition) is 4. The Hall–Kier alpha value is -2.43. The number of aromatic nitrogens is 1. The second-order valence-electron chi connectivity index (χ2n) is 4.26. The lowest BCUT2D eigenvalue weighted by atomic mass is 10.1. The van der Waals surface area contributed by atoms with Crippen molar-refractivity contribution in [2.45, 2.75) is 20.8 Å². The Morgan fingerprint density at radius 2 is 1.89 bits per heavy atom. The molecule has 0 aliphatic heterocycles. The summed E-state index contributed by atoms with van der Waals surface area (Å²) in [4.78, 5) is 23.7. The van der Waals surface area contributed by atoms with Crippen LogP contribution in [0.25, 0.3) is 0 Å². The predicted octanol–water partition coefficient (Wildman–Crippen LogP) is 2.75. The van der Waals surface area contributed by atoms with Gasteiger partial charge in [-0.3, -0.25) is 9.59 Å². The molecule has 0 aliphatic rings. The highest BCUT2D eigenvalue weighted by atomic mass is 16.5. The zero-order valence-corrected chi connectivity index (χ0v) is 11.0. The lowest BCUT2D eigenvalue weighted by Gasteiger charge is -2.08. The van der Waals surface area contributed by atoms with Crippen molar-refractivity contribution in [1.29, 1.82) is 0 Å². The molecule has 0 unspecified atom stereocenters. The molecular formula is C14H14N2O3. The number of nitrogens with one attached hydrogen (secondary N) is 1. The van der Waals surface area contributed by atoms with E-state index >= 15 is 0 Å². The highest BCUT2D eigenvalue weighted by molar-refractivity contribution is 6.09. The molecule has 2 rings (SSSR count). The second-order valence-corrected chi connectivity index (χ2v) is 4.26. The summed E-state index contributed by atoms with van der Waals surface area (Å²) in [5, 5.41) is 6.45. The Morgan fingerprint density at radius 3 is 2.47 bits per heavy atom. The zero-order valence-electron chi connectivity index (χ0n) is 11.0. The fraction of sp³-hybridized carbons (Fsp3) is 0.214. The molecule has 1 heterocycles. The first kappa shape index (κ1) is 13.0. The van der Waals surface area contributed by atoms with Crippen molar-refractivity contribution < 1.29 is 14.1 Å². The fourth-order valence-corrected chi connectivity index (χ4v) is 1.89. The zero-order chi connectivity index (χ0) is 14.0. The lowest BCUT2D eigenvalue weighted by Crippen LogP contribution is -2.15. The molecule has 0 radical (unpaired) electrons. The third-order valence-corrected chi connectivity index (χ3v) is 2.81. The summed E-state index contributed by atoms with van der Waals surface area (Å²) >= 11 is 0. The summed E-state index contributed by atoms with van der Waals surface area (Å²) in [5.41, 5.74) is 1.89. The van der Waals surface area contributed by atoms with E-state index in [1.54, 1.807) is 38.1 Å². The molecule has 5 heteroatoms. The number of carbonyl (C=O) groups is 2. The van der Waals surface area contributed by atoms with Crippen LogP contribution in [0, 0.1) is 13.8 Å². The molecule has 19 heavy (non-hydrogen) atoms. The van der Waals surface area contributed by atoms with E-state index < -0.39 is 0 Å². The fourth-order valence-electron chi connectivity index (χ4n) is 1.89. The summed E-state index contributed by atoms with van der Waals surface area (Å²) in [5.74, 6) is 0.0231. The van der Waals surface area contributed by atoms with Crippen LogP contribution in [0.1, 0.15) is 39.1 Å². The van der Waals surface area contributed by atoms with Gasteiger partial charge in [0, 0.05) is 5.56 Å². The second kappa shape index (κ2) is 5.06. The summed E-state index contributed by atoms with van der Waals surface area (Å²) in [6, 6.07) is 6.87. The van der Waals surface area contributed by atoms with E-state index in [-0.39, 0.29) is 11.7 Å². The minimum Gasteiger partial charge on any atom is -0.361 e.